The topological polar surface area (TPSA) is 16.6 Å². The first kappa shape index (κ1) is 110. The third-order valence-corrected chi connectivity index (χ3v) is 19.7. The molecule has 0 aliphatic rings. The third-order valence-electron chi connectivity index (χ3n) is 19.7. The maximum absolute atomic E-state index is 2.47. The Morgan fingerprint density at radius 3 is 0.333 bits per heavy atom. The summed E-state index contributed by atoms with van der Waals surface area (Å²) in [5, 5.41) is 2.00. The lowest BCUT2D eigenvalue weighted by Gasteiger charge is -2.30. The zero-order chi connectivity index (χ0) is 66.4. The molecule has 0 aromatic rings. The van der Waals surface area contributed by atoms with Gasteiger partial charge in [-0.15, -0.1) is 0 Å². The van der Waals surface area contributed by atoms with Crippen LogP contribution in [0.1, 0.15) is 458 Å². The van der Waals surface area contributed by atoms with Crippen LogP contribution in [0.2, 0.25) is 0 Å². The van der Waals surface area contributed by atoms with Gasteiger partial charge in [0.15, 0.2) is 0 Å². The van der Waals surface area contributed by atoms with E-state index in [9.17, 15) is 0 Å². The molecule has 0 aliphatic heterocycles. The molecule has 0 saturated heterocycles. The number of nitrogens with zero attached hydrogens (tertiary/aromatic N) is 3. The molecule has 93 heavy (non-hydrogen) atoms. The lowest BCUT2D eigenvalue weighted by atomic mass is 10.0. The molecule has 0 amide bonds. The summed E-state index contributed by atoms with van der Waals surface area (Å²) in [6.07, 6.45) is 96.3. The molecule has 0 saturated carbocycles. The molecule has 0 spiro atoms. The number of hydrogen-bond acceptors (Lipinski definition) is 0. The van der Waals surface area contributed by atoms with Crippen LogP contribution in [-0.4, -0.2) is 110 Å². The van der Waals surface area contributed by atoms with Gasteiger partial charge in [-0.1, -0.05) is 394 Å². The van der Waals surface area contributed by atoms with E-state index in [-0.39, 0.29) is 49.6 Å². The minimum absolute atomic E-state index is 0. The first-order chi connectivity index (χ1) is 43.2. The summed E-state index contributed by atoms with van der Waals surface area (Å²) >= 11 is 0. The van der Waals surface area contributed by atoms with Gasteiger partial charge in [0.2, 0.25) is 0 Å². The zero-order valence-electron chi connectivity index (χ0n) is 67.6. The molecular weight excluding hydrogens is 1220 g/mol. The molecule has 0 heterocycles. The molecule has 0 rings (SSSR count). The van der Waals surface area contributed by atoms with Gasteiger partial charge in [-0.05, 0) is 64.2 Å². The maximum atomic E-state index is 2.47. The standard InChI is InChI=1S/C38H80N.C26H56N.C19H42N.C2H7N.4ClH/c1-5-7-9-11-13-15-17-19-21-23-25-27-29-31-33-35-37-39(3,4)38-36-34-32-30-28-26-24-22-20-18-16-14-12-10-8-6-2;1-5-7-9-11-13-15-17-19-21-23-25-27(3,4)26-24-22-20-18-16-14-12-10-8-6-2;1-5-6-7-8-9-10-11-12-13-14-15-16-17-18-19-20(2,3)4;1-3-2;;;;/h5-38H2,1-4H3;5-26H2,1-4H3;5-19H2,1-4H3;3H,1-2H3;4*1H/q3*+1;;;;;/p-3. The van der Waals surface area contributed by atoms with Crippen LogP contribution in [0.25, 0.3) is 0 Å². The van der Waals surface area contributed by atoms with E-state index in [1.807, 2.05) is 19.4 Å². The van der Waals surface area contributed by atoms with Crippen molar-refractivity contribution < 1.29 is 68.4 Å². The monoisotopic (exact) mass is 1400 g/mol. The fraction of sp³-hybridized carbons (Fsp3) is 1.00. The Labute approximate surface area is 618 Å². The second-order valence-electron chi connectivity index (χ2n) is 31.9. The number of hydrogen-bond donors (Lipinski definition) is 1. The van der Waals surface area contributed by atoms with E-state index in [2.05, 4.69) is 84.0 Å². The SMILES string of the molecule is CCCCCCCCCCCCCCCCCC[N+](C)(C)CCCCCCCCCCCCCCCCCC.CCCCCCCCCCCCCCCC[N+](C)(C)C.CCCCCCCCCCCC[N+](C)(C)CCCCCCCCCCCC.C[NH2+]C.[Cl-].[Cl-].[Cl-].[Cl-]. The number of nitrogens with two attached hydrogens (primary N) is 1. The van der Waals surface area contributed by atoms with E-state index in [0.717, 1.165) is 4.48 Å². The quantitative estimate of drug-likeness (QED) is 0.0462. The summed E-state index contributed by atoms with van der Waals surface area (Å²) in [4.78, 5) is 0. The van der Waals surface area contributed by atoms with Crippen LogP contribution in [0.15, 0.2) is 0 Å². The predicted octanol–water partition coefficient (Wildman–Crippen LogP) is 15.5. The Balaban J connectivity index is -0.000000196. The van der Waals surface area contributed by atoms with Crippen LogP contribution in [0.5, 0.6) is 0 Å². The molecule has 0 aromatic heterocycles. The Morgan fingerprint density at radius 2 is 0.237 bits per heavy atom. The van der Waals surface area contributed by atoms with Crippen molar-refractivity contribution in [2.24, 2.45) is 0 Å². The summed E-state index contributed by atoms with van der Waals surface area (Å²) in [5.74, 6) is 0. The highest BCUT2D eigenvalue weighted by molar-refractivity contribution is 4.55. The second kappa shape index (κ2) is 95.1. The van der Waals surface area contributed by atoms with Crippen molar-refractivity contribution in [2.75, 3.05) is 96.2 Å². The van der Waals surface area contributed by atoms with Gasteiger partial charge in [-0.3, -0.25) is 0 Å². The maximum Gasteiger partial charge on any atom is 0.0782 e. The van der Waals surface area contributed by atoms with Crippen LogP contribution >= 0.6 is 0 Å². The van der Waals surface area contributed by atoms with E-state index in [0.29, 0.717) is 0 Å². The molecule has 574 valence electrons. The highest BCUT2D eigenvalue weighted by atomic mass is 35.5. The van der Waals surface area contributed by atoms with Gasteiger partial charge < -0.3 is 68.4 Å². The van der Waals surface area contributed by atoms with E-state index in [1.54, 1.807) is 0 Å². The average Bonchev–Trinajstić information content (AvgIpc) is 3.55. The summed E-state index contributed by atoms with van der Waals surface area (Å²) in [7, 11) is 20.7. The van der Waals surface area contributed by atoms with Crippen LogP contribution < -0.4 is 54.9 Å². The molecule has 0 atom stereocenters. The van der Waals surface area contributed by atoms with Crippen LogP contribution in [0, 0.1) is 0 Å². The number of quaternary nitrogens is 4. The van der Waals surface area contributed by atoms with Crippen molar-refractivity contribution in [3.05, 3.63) is 0 Å². The Hall–Kier alpha value is 1.00. The highest BCUT2D eigenvalue weighted by Crippen LogP contribution is 2.20. The molecule has 2 N–H and O–H groups in total. The summed E-state index contributed by atoms with van der Waals surface area (Å²) in [6.45, 7) is 18.4. The second-order valence-corrected chi connectivity index (χ2v) is 31.9. The molecular formula is C85H186Cl4N4. The Morgan fingerprint density at radius 1 is 0.151 bits per heavy atom. The normalized spacial score (nSPS) is 11.3. The van der Waals surface area contributed by atoms with Crippen LogP contribution in [0.4, 0.5) is 0 Å². The van der Waals surface area contributed by atoms with Crippen molar-refractivity contribution >= 4 is 0 Å². The van der Waals surface area contributed by atoms with E-state index < -0.39 is 0 Å². The molecule has 8 heteroatoms. The zero-order valence-corrected chi connectivity index (χ0v) is 70.7. The van der Waals surface area contributed by atoms with Crippen molar-refractivity contribution in [1.29, 1.82) is 0 Å². The molecule has 0 aliphatic carbocycles. The van der Waals surface area contributed by atoms with E-state index >= 15 is 0 Å². The van der Waals surface area contributed by atoms with Crippen molar-refractivity contribution in [2.45, 2.75) is 458 Å². The summed E-state index contributed by atoms with van der Waals surface area (Å²) < 4.78 is 3.61. The molecule has 0 fully saturated rings. The fourth-order valence-electron chi connectivity index (χ4n) is 13.2. The number of unbranched alkanes of at least 4 members (excludes halogenated alkanes) is 61. The Bertz CT molecular complexity index is 1130. The van der Waals surface area contributed by atoms with Crippen LogP contribution in [0.3, 0.4) is 0 Å². The van der Waals surface area contributed by atoms with E-state index in [4.69, 9.17) is 0 Å². The smallest absolute Gasteiger partial charge is 0.0782 e. The van der Waals surface area contributed by atoms with Crippen LogP contribution in [-0.2, 0) is 0 Å². The fourth-order valence-corrected chi connectivity index (χ4v) is 13.2. The van der Waals surface area contributed by atoms with Crippen molar-refractivity contribution in [3.8, 4) is 0 Å². The number of rotatable bonds is 71. The number of halogens is 4. The van der Waals surface area contributed by atoms with Crippen molar-refractivity contribution in [3.63, 3.8) is 0 Å². The third kappa shape index (κ3) is 115. The van der Waals surface area contributed by atoms with Gasteiger partial charge in [-0.2, -0.15) is 0 Å². The van der Waals surface area contributed by atoms with Gasteiger partial charge in [0.25, 0.3) is 0 Å². The minimum atomic E-state index is 0. The van der Waals surface area contributed by atoms with Gasteiger partial charge in [-0.25, -0.2) is 0 Å². The lowest BCUT2D eigenvalue weighted by molar-refractivity contribution is -0.890. The average molecular weight is 1410 g/mol. The summed E-state index contributed by atoms with van der Waals surface area (Å²) in [6, 6.07) is 0. The predicted molar refractivity (Wildman–Crippen MR) is 413 cm³/mol. The largest absolute Gasteiger partial charge is 1.00 e. The van der Waals surface area contributed by atoms with Gasteiger partial charge in [0.1, 0.15) is 0 Å². The first-order valence-electron chi connectivity index (χ1n) is 42.4. The highest BCUT2D eigenvalue weighted by Gasteiger charge is 2.15. The van der Waals surface area contributed by atoms with Crippen molar-refractivity contribution in [1.82, 2.24) is 0 Å². The lowest BCUT2D eigenvalue weighted by Crippen LogP contribution is -3.00. The van der Waals surface area contributed by atoms with Gasteiger partial charge >= 0.3 is 0 Å². The molecule has 0 aromatic carbocycles. The minimum Gasteiger partial charge on any atom is -1.00 e. The molecule has 0 unspecified atom stereocenters. The summed E-state index contributed by atoms with van der Waals surface area (Å²) in [5.41, 5.74) is 0. The molecule has 0 bridgehead atoms. The molecule has 0 radical (unpaired) electrons. The molecule has 4 nitrogen and oxygen atoms in total. The Kier molecular flexibility index (Phi) is 112. The van der Waals surface area contributed by atoms with Gasteiger partial charge in [0, 0.05) is 0 Å². The van der Waals surface area contributed by atoms with E-state index in [1.165, 1.54) is 465 Å². The first-order valence-corrected chi connectivity index (χ1v) is 42.4. The van der Waals surface area contributed by atoms with Gasteiger partial charge in [0.05, 0.1) is 96.2 Å².